The van der Waals surface area contributed by atoms with Crippen molar-refractivity contribution in [3.05, 3.63) is 126 Å². The number of ether oxygens (including phenoxy) is 1. The number of hydrogen-bond acceptors (Lipinski definition) is 4. The molecule has 0 spiro atoms. The van der Waals surface area contributed by atoms with Gasteiger partial charge in [0.25, 0.3) is 5.91 Å². The second-order valence-electron chi connectivity index (χ2n) is 9.23. The minimum Gasteiger partial charge on any atom is -0.507 e. The number of amides is 1. The van der Waals surface area contributed by atoms with Gasteiger partial charge in [-0.25, -0.2) is 9.18 Å². The van der Waals surface area contributed by atoms with Crippen molar-refractivity contribution in [1.29, 1.82) is 0 Å². The standard InChI is InChI=1S/C33H26FNO4/c1-39-33(38)30(35-32(37)28-18-24-9-5-6-10-25(24)20-31(28)36)17-21-11-13-22(14-12-21)26-15-16-27(29(34)19-26)23-7-3-2-4-8-23/h2-16,18-20,30,36H,17H2,1H3,(H,35,37)/t30-/m0/s1. The summed E-state index contributed by atoms with van der Waals surface area (Å²) in [7, 11) is 1.26. The number of phenolic OH excluding ortho intramolecular Hbond substituents is 1. The number of hydrogen-bond donors (Lipinski definition) is 2. The molecule has 6 heteroatoms. The van der Waals surface area contributed by atoms with Crippen molar-refractivity contribution >= 4 is 22.6 Å². The van der Waals surface area contributed by atoms with Gasteiger partial charge >= 0.3 is 5.97 Å². The molecule has 0 radical (unpaired) electrons. The summed E-state index contributed by atoms with van der Waals surface area (Å²) in [5.41, 5.74) is 3.73. The lowest BCUT2D eigenvalue weighted by atomic mass is 9.97. The fraction of sp³-hybridized carbons (Fsp3) is 0.0909. The van der Waals surface area contributed by atoms with E-state index in [1.807, 2.05) is 84.9 Å². The predicted octanol–water partition coefficient (Wildman–Crippen LogP) is 6.53. The van der Waals surface area contributed by atoms with Crippen LogP contribution in [0.25, 0.3) is 33.0 Å². The summed E-state index contributed by atoms with van der Waals surface area (Å²) in [6, 6.07) is 31.3. The maximum absolute atomic E-state index is 14.9. The van der Waals surface area contributed by atoms with Crippen LogP contribution in [0.15, 0.2) is 109 Å². The first-order valence-corrected chi connectivity index (χ1v) is 12.5. The number of carbonyl (C=O) groups excluding carboxylic acids is 2. The zero-order chi connectivity index (χ0) is 27.4. The Bertz CT molecular complexity index is 1650. The summed E-state index contributed by atoms with van der Waals surface area (Å²) in [6.07, 6.45) is 0.175. The van der Waals surface area contributed by atoms with Crippen molar-refractivity contribution in [3.8, 4) is 28.0 Å². The quantitative estimate of drug-likeness (QED) is 0.240. The average Bonchev–Trinajstić information content (AvgIpc) is 2.96. The van der Waals surface area contributed by atoms with Crippen molar-refractivity contribution in [2.45, 2.75) is 12.5 Å². The second-order valence-corrected chi connectivity index (χ2v) is 9.23. The lowest BCUT2D eigenvalue weighted by Crippen LogP contribution is -2.43. The van der Waals surface area contributed by atoms with Crippen molar-refractivity contribution in [2.75, 3.05) is 7.11 Å². The van der Waals surface area contributed by atoms with Gasteiger partial charge in [-0.05, 0) is 51.2 Å². The highest BCUT2D eigenvalue weighted by Gasteiger charge is 2.24. The van der Waals surface area contributed by atoms with E-state index in [0.29, 0.717) is 5.56 Å². The number of carbonyl (C=O) groups is 2. The lowest BCUT2D eigenvalue weighted by molar-refractivity contribution is -0.142. The maximum atomic E-state index is 14.9. The Kier molecular flexibility index (Phi) is 7.37. The summed E-state index contributed by atoms with van der Waals surface area (Å²) in [5.74, 6) is -1.68. The van der Waals surface area contributed by atoms with Gasteiger partial charge in [-0.15, -0.1) is 0 Å². The number of aromatic hydroxyl groups is 1. The zero-order valence-electron chi connectivity index (χ0n) is 21.2. The number of methoxy groups -OCH3 is 1. The molecular weight excluding hydrogens is 493 g/mol. The Morgan fingerprint density at radius 1 is 0.795 bits per heavy atom. The molecule has 0 fully saturated rings. The van der Waals surface area contributed by atoms with Gasteiger partial charge in [-0.2, -0.15) is 0 Å². The Morgan fingerprint density at radius 2 is 1.44 bits per heavy atom. The van der Waals surface area contributed by atoms with E-state index >= 15 is 0 Å². The third kappa shape index (κ3) is 5.65. The van der Waals surface area contributed by atoms with Gasteiger partial charge in [0.15, 0.2) is 0 Å². The van der Waals surface area contributed by atoms with Crippen LogP contribution >= 0.6 is 0 Å². The molecule has 194 valence electrons. The minimum absolute atomic E-state index is 0.0685. The molecule has 5 rings (SSSR count). The van der Waals surface area contributed by atoms with E-state index in [1.165, 1.54) is 19.2 Å². The fourth-order valence-electron chi connectivity index (χ4n) is 4.60. The van der Waals surface area contributed by atoms with Crippen LogP contribution < -0.4 is 5.32 Å². The van der Waals surface area contributed by atoms with E-state index in [2.05, 4.69) is 5.32 Å². The summed E-state index contributed by atoms with van der Waals surface area (Å²) in [5, 5.41) is 14.7. The first-order chi connectivity index (χ1) is 18.9. The van der Waals surface area contributed by atoms with Crippen LogP contribution in [0.1, 0.15) is 15.9 Å². The number of fused-ring (bicyclic) bond motifs is 1. The first kappa shape index (κ1) is 25.7. The highest BCUT2D eigenvalue weighted by Crippen LogP contribution is 2.29. The Labute approximate surface area is 225 Å². The van der Waals surface area contributed by atoms with E-state index in [-0.39, 0.29) is 23.6 Å². The van der Waals surface area contributed by atoms with Crippen LogP contribution in [0.3, 0.4) is 0 Å². The van der Waals surface area contributed by atoms with E-state index in [1.54, 1.807) is 12.1 Å². The molecule has 0 saturated carbocycles. The second kappa shape index (κ2) is 11.2. The zero-order valence-corrected chi connectivity index (χ0v) is 21.2. The third-order valence-electron chi connectivity index (χ3n) is 6.68. The monoisotopic (exact) mass is 519 g/mol. The van der Waals surface area contributed by atoms with Crippen LogP contribution in [0.4, 0.5) is 4.39 Å². The smallest absolute Gasteiger partial charge is 0.328 e. The third-order valence-corrected chi connectivity index (χ3v) is 6.68. The molecule has 5 aromatic rings. The van der Waals surface area contributed by atoms with Gasteiger partial charge in [-0.1, -0.05) is 91.0 Å². The molecule has 0 heterocycles. The van der Waals surface area contributed by atoms with Gasteiger partial charge < -0.3 is 15.2 Å². The lowest BCUT2D eigenvalue weighted by Gasteiger charge is -2.17. The molecule has 0 saturated heterocycles. The first-order valence-electron chi connectivity index (χ1n) is 12.5. The molecule has 0 aliphatic rings. The fourth-order valence-corrected chi connectivity index (χ4v) is 4.60. The van der Waals surface area contributed by atoms with Gasteiger partial charge in [-0.3, -0.25) is 4.79 Å². The van der Waals surface area contributed by atoms with Crippen molar-refractivity contribution in [1.82, 2.24) is 5.32 Å². The molecule has 39 heavy (non-hydrogen) atoms. The molecule has 1 amide bonds. The van der Waals surface area contributed by atoms with E-state index < -0.39 is 17.9 Å². The van der Waals surface area contributed by atoms with Crippen molar-refractivity contribution < 1.29 is 23.8 Å². The molecule has 0 aliphatic carbocycles. The topological polar surface area (TPSA) is 75.6 Å². The molecule has 0 bridgehead atoms. The molecule has 0 aromatic heterocycles. The van der Waals surface area contributed by atoms with Crippen molar-refractivity contribution in [2.24, 2.45) is 0 Å². The SMILES string of the molecule is COC(=O)[C@H](Cc1ccc(-c2ccc(-c3ccccc3)c(F)c2)cc1)NC(=O)c1cc2ccccc2cc1O. The molecule has 0 unspecified atom stereocenters. The van der Waals surface area contributed by atoms with Gasteiger partial charge in [0, 0.05) is 12.0 Å². The average molecular weight is 520 g/mol. The molecule has 5 nitrogen and oxygen atoms in total. The number of esters is 1. The van der Waals surface area contributed by atoms with Gasteiger partial charge in [0.1, 0.15) is 17.6 Å². The number of rotatable bonds is 7. The van der Waals surface area contributed by atoms with Crippen molar-refractivity contribution in [3.63, 3.8) is 0 Å². The summed E-state index contributed by atoms with van der Waals surface area (Å²) < 4.78 is 19.8. The largest absolute Gasteiger partial charge is 0.507 e. The predicted molar refractivity (Wildman–Crippen MR) is 150 cm³/mol. The van der Waals surface area contributed by atoms with E-state index in [9.17, 15) is 19.1 Å². The maximum Gasteiger partial charge on any atom is 0.328 e. The molecule has 5 aromatic carbocycles. The number of phenols is 1. The van der Waals surface area contributed by atoms with Crippen LogP contribution in [0.2, 0.25) is 0 Å². The highest BCUT2D eigenvalue weighted by atomic mass is 19.1. The summed E-state index contributed by atoms with van der Waals surface area (Å²) >= 11 is 0. The van der Waals surface area contributed by atoms with E-state index in [4.69, 9.17) is 4.74 Å². The Morgan fingerprint density at radius 3 is 2.10 bits per heavy atom. The van der Waals surface area contributed by atoms with Crippen LogP contribution in [-0.4, -0.2) is 30.1 Å². The Balaban J connectivity index is 1.33. The van der Waals surface area contributed by atoms with Crippen LogP contribution in [0, 0.1) is 5.82 Å². The minimum atomic E-state index is -0.971. The molecule has 2 N–H and O–H groups in total. The van der Waals surface area contributed by atoms with Gasteiger partial charge in [0.05, 0.1) is 12.7 Å². The summed E-state index contributed by atoms with van der Waals surface area (Å²) in [4.78, 5) is 25.5. The Hall–Kier alpha value is -4.97. The number of benzene rings is 5. The van der Waals surface area contributed by atoms with E-state index in [0.717, 1.165) is 33.0 Å². The highest BCUT2D eigenvalue weighted by molar-refractivity contribution is 6.02. The summed E-state index contributed by atoms with van der Waals surface area (Å²) in [6.45, 7) is 0. The van der Waals surface area contributed by atoms with Crippen LogP contribution in [0.5, 0.6) is 5.75 Å². The van der Waals surface area contributed by atoms with Gasteiger partial charge in [0.2, 0.25) is 0 Å². The molecule has 0 aliphatic heterocycles. The number of halogens is 1. The normalized spacial score (nSPS) is 11.6. The van der Waals surface area contributed by atoms with Crippen LogP contribution in [-0.2, 0) is 16.0 Å². The molecular formula is C33H26FNO4. The number of nitrogens with one attached hydrogen (secondary N) is 1. The molecule has 1 atom stereocenters.